The lowest BCUT2D eigenvalue weighted by molar-refractivity contribution is -0.135. The molecule has 122 valence electrons. The van der Waals surface area contributed by atoms with Crippen LogP contribution >= 0.6 is 0 Å². The maximum absolute atomic E-state index is 12.7. The highest BCUT2D eigenvalue weighted by molar-refractivity contribution is 5.79. The van der Waals surface area contributed by atoms with E-state index < -0.39 is 0 Å². The fraction of sp³-hybridized carbons (Fsp3) is 0.611. The Balaban J connectivity index is 1.53. The number of aryl methyl sites for hydroxylation is 1. The number of hydrogen-bond acceptors (Lipinski definition) is 3. The standard InChI is InChI=1S/C18H24N4O/c1-13-20-16-8-5-10-19-17(16)22(13)15-9-11-21(12-15)18(23)14-6-3-2-4-7-14/h5,8,10,14-15H,2-4,6-7,9,11-12H2,1H3/t15-/m1/s1. The first kappa shape index (κ1) is 14.7. The van der Waals surface area contributed by atoms with E-state index in [9.17, 15) is 4.79 Å². The van der Waals surface area contributed by atoms with Gasteiger partial charge in [0.1, 0.15) is 11.3 Å². The third-order valence-electron chi connectivity index (χ3n) is 5.42. The number of rotatable bonds is 2. The van der Waals surface area contributed by atoms with Gasteiger partial charge in [-0.05, 0) is 38.3 Å². The molecule has 5 heteroatoms. The summed E-state index contributed by atoms with van der Waals surface area (Å²) in [7, 11) is 0. The van der Waals surface area contributed by atoms with Gasteiger partial charge < -0.3 is 9.47 Å². The summed E-state index contributed by atoms with van der Waals surface area (Å²) in [4.78, 5) is 23.9. The van der Waals surface area contributed by atoms with Crippen LogP contribution in [0.15, 0.2) is 18.3 Å². The van der Waals surface area contributed by atoms with Gasteiger partial charge in [-0.25, -0.2) is 9.97 Å². The Morgan fingerprint density at radius 2 is 2.04 bits per heavy atom. The Hall–Kier alpha value is -1.91. The quantitative estimate of drug-likeness (QED) is 0.856. The zero-order valence-electron chi connectivity index (χ0n) is 13.7. The minimum atomic E-state index is 0.265. The first-order valence-corrected chi connectivity index (χ1v) is 8.82. The van der Waals surface area contributed by atoms with Crippen molar-refractivity contribution in [1.29, 1.82) is 0 Å². The van der Waals surface area contributed by atoms with Crippen LogP contribution in [0.5, 0.6) is 0 Å². The molecular weight excluding hydrogens is 288 g/mol. The van der Waals surface area contributed by atoms with Crippen molar-refractivity contribution >= 4 is 17.1 Å². The topological polar surface area (TPSA) is 51.0 Å². The van der Waals surface area contributed by atoms with Crippen molar-refractivity contribution in [2.45, 2.75) is 51.5 Å². The number of amides is 1. The molecule has 1 aliphatic carbocycles. The molecule has 2 aromatic rings. The Morgan fingerprint density at radius 3 is 2.87 bits per heavy atom. The number of fused-ring (bicyclic) bond motifs is 1. The van der Waals surface area contributed by atoms with Gasteiger partial charge in [0.25, 0.3) is 0 Å². The molecule has 1 atom stereocenters. The molecule has 0 radical (unpaired) electrons. The third kappa shape index (κ3) is 2.62. The van der Waals surface area contributed by atoms with E-state index >= 15 is 0 Å². The van der Waals surface area contributed by atoms with Crippen molar-refractivity contribution in [2.75, 3.05) is 13.1 Å². The SMILES string of the molecule is Cc1nc2cccnc2n1[C@@H]1CCN(C(=O)C2CCCCC2)C1. The van der Waals surface area contributed by atoms with E-state index in [0.29, 0.717) is 11.9 Å². The molecular formula is C18H24N4O. The number of nitrogens with zero attached hydrogens (tertiary/aromatic N) is 4. The predicted octanol–water partition coefficient (Wildman–Crippen LogP) is 3.09. The van der Waals surface area contributed by atoms with E-state index in [0.717, 1.165) is 49.3 Å². The molecule has 23 heavy (non-hydrogen) atoms. The summed E-state index contributed by atoms with van der Waals surface area (Å²) in [6.07, 6.45) is 8.69. The second kappa shape index (κ2) is 5.95. The number of hydrogen-bond donors (Lipinski definition) is 0. The highest BCUT2D eigenvalue weighted by atomic mass is 16.2. The maximum atomic E-state index is 12.7. The van der Waals surface area contributed by atoms with Gasteiger partial charge in [0, 0.05) is 25.2 Å². The number of carbonyl (C=O) groups is 1. The van der Waals surface area contributed by atoms with Crippen LogP contribution in [-0.4, -0.2) is 38.4 Å². The molecule has 1 saturated heterocycles. The van der Waals surface area contributed by atoms with Crippen LogP contribution in [0.1, 0.15) is 50.4 Å². The lowest BCUT2D eigenvalue weighted by Crippen LogP contribution is -2.35. The highest BCUT2D eigenvalue weighted by Crippen LogP contribution is 2.31. The van der Waals surface area contributed by atoms with Gasteiger partial charge in [0.15, 0.2) is 5.65 Å². The number of likely N-dealkylation sites (tertiary alicyclic amines) is 1. The van der Waals surface area contributed by atoms with Crippen molar-refractivity contribution in [1.82, 2.24) is 19.4 Å². The van der Waals surface area contributed by atoms with Crippen LogP contribution in [0.2, 0.25) is 0 Å². The minimum Gasteiger partial charge on any atom is -0.340 e. The molecule has 5 nitrogen and oxygen atoms in total. The molecule has 0 unspecified atom stereocenters. The Bertz CT molecular complexity index is 717. The molecule has 2 fully saturated rings. The largest absolute Gasteiger partial charge is 0.340 e. The molecule has 1 aliphatic heterocycles. The summed E-state index contributed by atoms with van der Waals surface area (Å²) in [5.74, 6) is 1.64. The number of carbonyl (C=O) groups excluding carboxylic acids is 1. The first-order valence-electron chi connectivity index (χ1n) is 8.82. The van der Waals surface area contributed by atoms with Crippen LogP contribution in [0.25, 0.3) is 11.2 Å². The third-order valence-corrected chi connectivity index (χ3v) is 5.42. The monoisotopic (exact) mass is 312 g/mol. The second-order valence-corrected chi connectivity index (χ2v) is 6.94. The van der Waals surface area contributed by atoms with Crippen molar-refractivity contribution in [3.63, 3.8) is 0 Å². The molecule has 0 N–H and O–H groups in total. The molecule has 1 saturated carbocycles. The zero-order valence-corrected chi connectivity index (χ0v) is 13.7. The normalized spacial score (nSPS) is 22.8. The highest BCUT2D eigenvalue weighted by Gasteiger charge is 2.33. The van der Waals surface area contributed by atoms with E-state index in [4.69, 9.17) is 0 Å². The van der Waals surface area contributed by atoms with Crippen molar-refractivity contribution < 1.29 is 4.79 Å². The van der Waals surface area contributed by atoms with Gasteiger partial charge in [-0.3, -0.25) is 4.79 Å². The fourth-order valence-electron chi connectivity index (χ4n) is 4.24. The predicted molar refractivity (Wildman–Crippen MR) is 89.1 cm³/mol. The lowest BCUT2D eigenvalue weighted by Gasteiger charge is -2.26. The smallest absolute Gasteiger partial charge is 0.225 e. The van der Waals surface area contributed by atoms with E-state index in [1.54, 1.807) is 0 Å². The Morgan fingerprint density at radius 1 is 1.22 bits per heavy atom. The average molecular weight is 312 g/mol. The molecule has 1 amide bonds. The summed E-state index contributed by atoms with van der Waals surface area (Å²) in [5, 5.41) is 0. The number of imidazole rings is 1. The molecule has 0 aromatic carbocycles. The van der Waals surface area contributed by atoms with Crippen LogP contribution in [0.4, 0.5) is 0 Å². The molecule has 3 heterocycles. The minimum absolute atomic E-state index is 0.265. The van der Waals surface area contributed by atoms with E-state index in [-0.39, 0.29) is 5.92 Å². The van der Waals surface area contributed by atoms with E-state index in [2.05, 4.69) is 19.4 Å². The molecule has 4 rings (SSSR count). The van der Waals surface area contributed by atoms with E-state index in [1.807, 2.05) is 25.3 Å². The Labute approximate surface area is 136 Å². The van der Waals surface area contributed by atoms with Gasteiger partial charge in [0.05, 0.1) is 6.04 Å². The first-order chi connectivity index (χ1) is 11.2. The summed E-state index contributed by atoms with van der Waals surface area (Å²) in [6.45, 7) is 3.71. The van der Waals surface area contributed by atoms with E-state index in [1.165, 1.54) is 19.3 Å². The van der Waals surface area contributed by atoms with Crippen LogP contribution in [0.3, 0.4) is 0 Å². The van der Waals surface area contributed by atoms with Gasteiger partial charge in [-0.1, -0.05) is 19.3 Å². The maximum Gasteiger partial charge on any atom is 0.225 e. The van der Waals surface area contributed by atoms with Crippen LogP contribution in [-0.2, 0) is 4.79 Å². The summed E-state index contributed by atoms with van der Waals surface area (Å²) < 4.78 is 2.23. The van der Waals surface area contributed by atoms with Gasteiger partial charge in [-0.2, -0.15) is 0 Å². The van der Waals surface area contributed by atoms with Gasteiger partial charge >= 0.3 is 0 Å². The molecule has 0 bridgehead atoms. The van der Waals surface area contributed by atoms with Gasteiger partial charge in [0.2, 0.25) is 5.91 Å². The van der Waals surface area contributed by atoms with Gasteiger partial charge in [-0.15, -0.1) is 0 Å². The molecule has 0 spiro atoms. The summed E-state index contributed by atoms with van der Waals surface area (Å²) in [6, 6.07) is 4.24. The zero-order chi connectivity index (χ0) is 15.8. The molecule has 2 aliphatic rings. The Kier molecular flexibility index (Phi) is 3.79. The van der Waals surface area contributed by atoms with Crippen molar-refractivity contribution in [3.8, 4) is 0 Å². The average Bonchev–Trinajstić information content (AvgIpc) is 3.18. The van der Waals surface area contributed by atoms with Crippen LogP contribution < -0.4 is 0 Å². The second-order valence-electron chi connectivity index (χ2n) is 6.94. The number of pyridine rings is 1. The fourth-order valence-corrected chi connectivity index (χ4v) is 4.24. The number of aromatic nitrogens is 3. The lowest BCUT2D eigenvalue weighted by atomic mass is 9.88. The summed E-state index contributed by atoms with van der Waals surface area (Å²) >= 11 is 0. The summed E-state index contributed by atoms with van der Waals surface area (Å²) in [5.41, 5.74) is 1.89. The van der Waals surface area contributed by atoms with Crippen molar-refractivity contribution in [2.24, 2.45) is 5.92 Å². The molecule has 2 aromatic heterocycles. The van der Waals surface area contributed by atoms with Crippen LogP contribution in [0, 0.1) is 12.8 Å². The van der Waals surface area contributed by atoms with Crippen molar-refractivity contribution in [3.05, 3.63) is 24.2 Å².